The van der Waals surface area contributed by atoms with Crippen LogP contribution in [0.2, 0.25) is 6.32 Å². The molecule has 1 aromatic rings. The molecule has 0 fully saturated rings. The van der Waals surface area contributed by atoms with Gasteiger partial charge >= 0.3 is 13.1 Å². The van der Waals surface area contributed by atoms with E-state index >= 15 is 0 Å². The van der Waals surface area contributed by atoms with E-state index in [4.69, 9.17) is 15.8 Å². The first-order chi connectivity index (χ1) is 10.4. The molecule has 6 nitrogen and oxygen atoms in total. The molecule has 0 aliphatic heterocycles. The highest BCUT2D eigenvalue weighted by atomic mass is 16.4. The van der Waals surface area contributed by atoms with Crippen molar-refractivity contribution in [3.05, 3.63) is 35.9 Å². The van der Waals surface area contributed by atoms with E-state index in [-0.39, 0.29) is 12.9 Å². The second-order valence-electron chi connectivity index (χ2n) is 5.60. The van der Waals surface area contributed by atoms with Crippen molar-refractivity contribution in [3.63, 3.8) is 0 Å². The Kier molecular flexibility index (Phi) is 8.12. The van der Waals surface area contributed by atoms with E-state index in [1.165, 1.54) is 5.56 Å². The number of nitrogens with two attached hydrogens (primary N) is 1. The lowest BCUT2D eigenvalue weighted by Crippen LogP contribution is -2.55. The summed E-state index contributed by atoms with van der Waals surface area (Å²) in [6, 6.07) is 9.93. The van der Waals surface area contributed by atoms with Gasteiger partial charge in [0.2, 0.25) is 0 Å². The van der Waals surface area contributed by atoms with Gasteiger partial charge in [-0.15, -0.1) is 0 Å². The number of nitrogens with one attached hydrogen (secondary N) is 1. The Balaban J connectivity index is 2.31. The smallest absolute Gasteiger partial charge is 0.451 e. The first-order valence-electron chi connectivity index (χ1n) is 7.57. The lowest BCUT2D eigenvalue weighted by molar-refractivity contribution is -0.143. The van der Waals surface area contributed by atoms with E-state index in [2.05, 4.69) is 5.32 Å². The van der Waals surface area contributed by atoms with Crippen LogP contribution < -0.4 is 11.1 Å². The third-order valence-electron chi connectivity index (χ3n) is 3.63. The number of hydrogen-bond acceptors (Lipinski definition) is 5. The van der Waals surface area contributed by atoms with Crippen molar-refractivity contribution < 1.29 is 19.9 Å². The third kappa shape index (κ3) is 7.04. The van der Waals surface area contributed by atoms with Gasteiger partial charge in [0.15, 0.2) is 0 Å². The standard InChI is InChI=1S/C15H25BN2O4/c17-15(14(19)20,9-4-5-10-16(21)22)12-18-11-8-13-6-2-1-3-7-13/h1-3,6-7,18,21-22H,4-5,8-12,17H2,(H,19,20)/t15-/m0/s1. The summed E-state index contributed by atoms with van der Waals surface area (Å²) in [5.74, 6) is -1.04. The van der Waals surface area contributed by atoms with Crippen LogP contribution in [0.5, 0.6) is 0 Å². The predicted octanol–water partition coefficient (Wildman–Crippen LogP) is 0.244. The molecular weight excluding hydrogens is 283 g/mol. The van der Waals surface area contributed by atoms with Crippen LogP contribution in [0.15, 0.2) is 30.3 Å². The van der Waals surface area contributed by atoms with Gasteiger partial charge in [-0.25, -0.2) is 0 Å². The SMILES string of the molecule is N[C@@](CCCCB(O)O)(CNCCc1ccccc1)C(=O)O. The molecule has 7 heteroatoms. The third-order valence-corrected chi connectivity index (χ3v) is 3.63. The van der Waals surface area contributed by atoms with Crippen LogP contribution in [0, 0.1) is 0 Å². The molecule has 0 saturated heterocycles. The van der Waals surface area contributed by atoms with E-state index in [1.807, 2.05) is 30.3 Å². The molecule has 0 radical (unpaired) electrons. The maximum Gasteiger partial charge on any atom is 0.451 e. The molecule has 1 atom stereocenters. The molecule has 0 heterocycles. The molecule has 0 amide bonds. The van der Waals surface area contributed by atoms with Gasteiger partial charge < -0.3 is 26.2 Å². The Morgan fingerprint density at radius 3 is 2.50 bits per heavy atom. The molecule has 1 rings (SSSR count). The minimum atomic E-state index is -1.35. The van der Waals surface area contributed by atoms with Gasteiger partial charge in [-0.3, -0.25) is 4.79 Å². The first kappa shape index (κ1) is 18.6. The zero-order valence-electron chi connectivity index (χ0n) is 12.7. The monoisotopic (exact) mass is 308 g/mol. The van der Waals surface area contributed by atoms with Crippen molar-refractivity contribution in [1.29, 1.82) is 0 Å². The van der Waals surface area contributed by atoms with Gasteiger partial charge in [0.25, 0.3) is 0 Å². The summed E-state index contributed by atoms with van der Waals surface area (Å²) in [5.41, 5.74) is 5.81. The lowest BCUT2D eigenvalue weighted by Gasteiger charge is -2.25. The number of aliphatic carboxylic acids is 1. The molecule has 0 aliphatic rings. The molecule has 0 saturated carbocycles. The van der Waals surface area contributed by atoms with Crippen molar-refractivity contribution in [1.82, 2.24) is 5.32 Å². The van der Waals surface area contributed by atoms with Gasteiger partial charge in [-0.1, -0.05) is 43.2 Å². The highest BCUT2D eigenvalue weighted by Gasteiger charge is 2.32. The number of carboxylic acid groups (broad SMARTS) is 1. The second kappa shape index (κ2) is 9.58. The van der Waals surface area contributed by atoms with E-state index < -0.39 is 18.6 Å². The van der Waals surface area contributed by atoms with Crippen LogP contribution in [0.3, 0.4) is 0 Å². The Morgan fingerprint density at radius 1 is 1.23 bits per heavy atom. The highest BCUT2D eigenvalue weighted by molar-refractivity contribution is 6.40. The summed E-state index contributed by atoms with van der Waals surface area (Å²) in [6.07, 6.45) is 2.42. The summed E-state index contributed by atoms with van der Waals surface area (Å²) in [6.45, 7) is 0.850. The van der Waals surface area contributed by atoms with E-state index in [9.17, 15) is 9.90 Å². The fraction of sp³-hybridized carbons (Fsp3) is 0.533. The molecular formula is C15H25BN2O4. The highest BCUT2D eigenvalue weighted by Crippen LogP contribution is 2.13. The van der Waals surface area contributed by atoms with Crippen molar-refractivity contribution in [3.8, 4) is 0 Å². The number of hydrogen-bond donors (Lipinski definition) is 5. The zero-order chi connectivity index (χ0) is 16.4. The maximum absolute atomic E-state index is 11.3. The van der Waals surface area contributed by atoms with Crippen molar-refractivity contribution in [2.45, 2.75) is 37.5 Å². The van der Waals surface area contributed by atoms with E-state index in [0.29, 0.717) is 25.8 Å². The Hall–Kier alpha value is -1.41. The summed E-state index contributed by atoms with van der Waals surface area (Å²) in [5, 5.41) is 29.9. The molecule has 1 aromatic carbocycles. The molecule has 22 heavy (non-hydrogen) atoms. The minimum Gasteiger partial charge on any atom is -0.480 e. The van der Waals surface area contributed by atoms with Gasteiger partial charge in [0, 0.05) is 6.54 Å². The van der Waals surface area contributed by atoms with Gasteiger partial charge in [-0.2, -0.15) is 0 Å². The Bertz CT molecular complexity index is 444. The zero-order valence-corrected chi connectivity index (χ0v) is 12.7. The molecule has 122 valence electrons. The van der Waals surface area contributed by atoms with Crippen LogP contribution in [0.1, 0.15) is 24.8 Å². The summed E-state index contributed by atoms with van der Waals surface area (Å²) < 4.78 is 0. The molecule has 0 spiro atoms. The van der Waals surface area contributed by atoms with Crippen LogP contribution in [-0.2, 0) is 11.2 Å². The molecule has 0 aromatic heterocycles. The lowest BCUT2D eigenvalue weighted by atomic mass is 9.82. The quantitative estimate of drug-likeness (QED) is 0.295. The molecule has 0 unspecified atom stereocenters. The van der Waals surface area contributed by atoms with Gasteiger partial charge in [0.1, 0.15) is 5.54 Å². The fourth-order valence-corrected chi connectivity index (χ4v) is 2.23. The van der Waals surface area contributed by atoms with E-state index in [0.717, 1.165) is 6.42 Å². The molecule has 0 bridgehead atoms. The average Bonchev–Trinajstić information content (AvgIpc) is 2.49. The van der Waals surface area contributed by atoms with Gasteiger partial charge in [-0.05, 0) is 31.3 Å². The van der Waals surface area contributed by atoms with Crippen molar-refractivity contribution in [2.24, 2.45) is 5.73 Å². The van der Waals surface area contributed by atoms with Crippen molar-refractivity contribution >= 4 is 13.1 Å². The number of rotatable bonds is 11. The largest absolute Gasteiger partial charge is 0.480 e. The Morgan fingerprint density at radius 2 is 1.91 bits per heavy atom. The number of unbranched alkanes of at least 4 members (excludes halogenated alkanes) is 1. The predicted molar refractivity (Wildman–Crippen MR) is 86.4 cm³/mol. The number of carboxylic acids is 1. The number of carbonyl (C=O) groups is 1. The topological polar surface area (TPSA) is 116 Å². The Labute approximate surface area is 131 Å². The van der Waals surface area contributed by atoms with Crippen molar-refractivity contribution in [2.75, 3.05) is 13.1 Å². The first-order valence-corrected chi connectivity index (χ1v) is 7.57. The number of benzene rings is 1. The average molecular weight is 308 g/mol. The minimum absolute atomic E-state index is 0.191. The summed E-state index contributed by atoms with van der Waals surface area (Å²) in [4.78, 5) is 11.3. The summed E-state index contributed by atoms with van der Waals surface area (Å²) in [7, 11) is -1.35. The van der Waals surface area contributed by atoms with Gasteiger partial charge in [0.05, 0.1) is 0 Å². The normalized spacial score (nSPS) is 13.6. The van der Waals surface area contributed by atoms with Crippen LogP contribution in [-0.4, -0.2) is 46.9 Å². The maximum atomic E-state index is 11.3. The molecule has 6 N–H and O–H groups in total. The van der Waals surface area contributed by atoms with Crippen LogP contribution in [0.25, 0.3) is 0 Å². The molecule has 0 aliphatic carbocycles. The van der Waals surface area contributed by atoms with Crippen LogP contribution in [0.4, 0.5) is 0 Å². The second-order valence-corrected chi connectivity index (χ2v) is 5.60. The van der Waals surface area contributed by atoms with Crippen LogP contribution >= 0.6 is 0 Å². The fourth-order valence-electron chi connectivity index (χ4n) is 2.23. The van der Waals surface area contributed by atoms with E-state index in [1.54, 1.807) is 0 Å². The summed E-state index contributed by atoms with van der Waals surface area (Å²) >= 11 is 0.